The van der Waals surface area contributed by atoms with E-state index < -0.39 is 0 Å². The quantitative estimate of drug-likeness (QED) is 0.705. The summed E-state index contributed by atoms with van der Waals surface area (Å²) in [5.74, 6) is 1.07. The number of rotatable bonds is 7. The van der Waals surface area contributed by atoms with Gasteiger partial charge in [-0.2, -0.15) is 5.10 Å². The lowest BCUT2D eigenvalue weighted by molar-refractivity contribution is -0.135. The zero-order valence-corrected chi connectivity index (χ0v) is 17.6. The van der Waals surface area contributed by atoms with Crippen molar-refractivity contribution < 1.29 is 9.90 Å². The van der Waals surface area contributed by atoms with Crippen molar-refractivity contribution in [3.05, 3.63) is 17.3 Å². The molecular formula is C21H34N6O2. The van der Waals surface area contributed by atoms with Gasteiger partial charge in [0.25, 0.3) is 0 Å². The van der Waals surface area contributed by atoms with Crippen LogP contribution in [0, 0.1) is 0 Å². The second kappa shape index (κ2) is 9.36. The molecule has 1 N–H and O–H groups in total. The number of piperazine rings is 1. The Morgan fingerprint density at radius 2 is 2.00 bits per heavy atom. The van der Waals surface area contributed by atoms with E-state index >= 15 is 0 Å². The fourth-order valence-corrected chi connectivity index (χ4v) is 4.59. The molecule has 8 heteroatoms. The van der Waals surface area contributed by atoms with Gasteiger partial charge < -0.3 is 14.9 Å². The van der Waals surface area contributed by atoms with Gasteiger partial charge in [-0.1, -0.05) is 6.42 Å². The SMILES string of the molecule is CCN(CCO)c1cc2c(nn1)CN(CC(=O)N1CCN(C3CCC3)CC1)CC2. The first-order valence-electron chi connectivity index (χ1n) is 11.1. The first-order valence-corrected chi connectivity index (χ1v) is 11.1. The molecule has 2 aliphatic heterocycles. The average molecular weight is 403 g/mol. The Balaban J connectivity index is 1.29. The molecule has 1 aliphatic carbocycles. The lowest BCUT2D eigenvalue weighted by Gasteiger charge is -2.43. The molecule has 0 bridgehead atoms. The van der Waals surface area contributed by atoms with Crippen LogP contribution in [0.4, 0.5) is 5.82 Å². The molecule has 3 aliphatic rings. The fraction of sp³-hybridized carbons (Fsp3) is 0.762. The van der Waals surface area contributed by atoms with Crippen molar-refractivity contribution in [2.75, 3.05) is 63.9 Å². The standard InChI is InChI=1S/C21H34N6O2/c1-2-25(12-13-28)20-14-17-6-7-24(15-19(17)22-23-20)16-21(29)27-10-8-26(9-11-27)18-4-3-5-18/h14,18,28H,2-13,15-16H2,1H3. The van der Waals surface area contributed by atoms with Gasteiger partial charge in [0.15, 0.2) is 5.82 Å². The van der Waals surface area contributed by atoms with Crippen LogP contribution in [0.1, 0.15) is 37.4 Å². The predicted molar refractivity (Wildman–Crippen MR) is 112 cm³/mol. The molecular weight excluding hydrogens is 368 g/mol. The van der Waals surface area contributed by atoms with Gasteiger partial charge >= 0.3 is 0 Å². The minimum atomic E-state index is 0.109. The monoisotopic (exact) mass is 402 g/mol. The van der Waals surface area contributed by atoms with Crippen LogP contribution in [0.15, 0.2) is 6.07 Å². The molecule has 8 nitrogen and oxygen atoms in total. The molecule has 3 heterocycles. The molecule has 0 aromatic carbocycles. The molecule has 1 aromatic rings. The lowest BCUT2D eigenvalue weighted by atomic mass is 9.91. The van der Waals surface area contributed by atoms with Crippen LogP contribution < -0.4 is 4.90 Å². The van der Waals surface area contributed by atoms with Crippen LogP contribution in [0.25, 0.3) is 0 Å². The van der Waals surface area contributed by atoms with Crippen molar-refractivity contribution in [3.8, 4) is 0 Å². The van der Waals surface area contributed by atoms with Crippen molar-refractivity contribution in [1.82, 2.24) is 24.9 Å². The highest BCUT2D eigenvalue weighted by molar-refractivity contribution is 5.78. The van der Waals surface area contributed by atoms with E-state index in [1.807, 2.05) is 9.80 Å². The van der Waals surface area contributed by atoms with Gasteiger partial charge in [-0.15, -0.1) is 5.10 Å². The molecule has 2 fully saturated rings. The van der Waals surface area contributed by atoms with Crippen LogP contribution in [0.3, 0.4) is 0 Å². The lowest BCUT2D eigenvalue weighted by Crippen LogP contribution is -2.55. The predicted octanol–water partition coefficient (Wildman–Crippen LogP) is 0.350. The van der Waals surface area contributed by atoms with Crippen molar-refractivity contribution in [2.45, 2.75) is 45.2 Å². The number of amides is 1. The van der Waals surface area contributed by atoms with Crippen molar-refractivity contribution in [1.29, 1.82) is 0 Å². The van der Waals surface area contributed by atoms with E-state index in [1.54, 1.807) is 0 Å². The van der Waals surface area contributed by atoms with Gasteiger partial charge in [-0.05, 0) is 37.8 Å². The van der Waals surface area contributed by atoms with Gasteiger partial charge in [0.2, 0.25) is 5.91 Å². The van der Waals surface area contributed by atoms with Crippen LogP contribution in [0.2, 0.25) is 0 Å². The number of aliphatic hydroxyl groups is 1. The zero-order chi connectivity index (χ0) is 20.2. The number of likely N-dealkylation sites (N-methyl/N-ethyl adjacent to an activating group) is 1. The third kappa shape index (κ3) is 4.70. The third-order valence-electron chi connectivity index (χ3n) is 6.71. The average Bonchev–Trinajstić information content (AvgIpc) is 2.71. The highest BCUT2D eigenvalue weighted by atomic mass is 16.3. The summed E-state index contributed by atoms with van der Waals surface area (Å²) in [7, 11) is 0. The molecule has 1 aromatic heterocycles. The van der Waals surface area contributed by atoms with E-state index in [0.29, 0.717) is 19.6 Å². The van der Waals surface area contributed by atoms with Crippen molar-refractivity contribution >= 4 is 11.7 Å². The van der Waals surface area contributed by atoms with Crippen LogP contribution >= 0.6 is 0 Å². The van der Waals surface area contributed by atoms with Gasteiger partial charge in [0.1, 0.15) is 0 Å². The minimum absolute atomic E-state index is 0.109. The molecule has 1 saturated heterocycles. The maximum atomic E-state index is 12.8. The summed E-state index contributed by atoms with van der Waals surface area (Å²) >= 11 is 0. The van der Waals surface area contributed by atoms with Crippen molar-refractivity contribution in [2.24, 2.45) is 0 Å². The molecule has 0 radical (unpaired) electrons. The number of fused-ring (bicyclic) bond motifs is 1. The summed E-state index contributed by atoms with van der Waals surface area (Å²) in [5.41, 5.74) is 2.19. The van der Waals surface area contributed by atoms with Gasteiger partial charge in [0.05, 0.1) is 18.8 Å². The molecule has 160 valence electrons. The number of aliphatic hydroxyl groups excluding tert-OH is 1. The second-order valence-electron chi connectivity index (χ2n) is 8.44. The molecule has 0 spiro atoms. The normalized spacial score (nSPS) is 21.0. The number of nitrogens with zero attached hydrogens (tertiary/aromatic N) is 6. The molecule has 1 saturated carbocycles. The van der Waals surface area contributed by atoms with E-state index in [1.165, 1.54) is 24.8 Å². The summed E-state index contributed by atoms with van der Waals surface area (Å²) in [5, 5.41) is 18.0. The minimum Gasteiger partial charge on any atom is -0.395 e. The van der Waals surface area contributed by atoms with Gasteiger partial charge in [-0.3, -0.25) is 14.6 Å². The van der Waals surface area contributed by atoms with Crippen LogP contribution in [-0.4, -0.2) is 101 Å². The number of hydrogen-bond donors (Lipinski definition) is 1. The summed E-state index contributed by atoms with van der Waals surface area (Å²) in [6, 6.07) is 2.87. The Kier molecular flexibility index (Phi) is 6.62. The number of carbonyl (C=O) groups is 1. The topological polar surface area (TPSA) is 76.0 Å². The fourth-order valence-electron chi connectivity index (χ4n) is 4.59. The Morgan fingerprint density at radius 3 is 2.66 bits per heavy atom. The van der Waals surface area contributed by atoms with E-state index in [9.17, 15) is 9.90 Å². The summed E-state index contributed by atoms with van der Waals surface area (Å²) in [6.45, 7) is 9.32. The summed E-state index contributed by atoms with van der Waals surface area (Å²) in [4.78, 5) is 21.6. The molecule has 0 unspecified atom stereocenters. The number of aromatic nitrogens is 2. The molecule has 29 heavy (non-hydrogen) atoms. The van der Waals surface area contributed by atoms with Crippen LogP contribution in [-0.2, 0) is 17.8 Å². The van der Waals surface area contributed by atoms with Gasteiger partial charge in [-0.25, -0.2) is 0 Å². The van der Waals surface area contributed by atoms with E-state index in [2.05, 4.69) is 33.0 Å². The van der Waals surface area contributed by atoms with Crippen LogP contribution in [0.5, 0.6) is 0 Å². The highest BCUT2D eigenvalue weighted by Crippen LogP contribution is 2.26. The first-order chi connectivity index (χ1) is 14.2. The largest absolute Gasteiger partial charge is 0.395 e. The van der Waals surface area contributed by atoms with Crippen molar-refractivity contribution in [3.63, 3.8) is 0 Å². The maximum Gasteiger partial charge on any atom is 0.236 e. The highest BCUT2D eigenvalue weighted by Gasteiger charge is 2.30. The Hall–Kier alpha value is -1.77. The van der Waals surface area contributed by atoms with E-state index in [4.69, 9.17) is 0 Å². The van der Waals surface area contributed by atoms with Gasteiger partial charge in [0, 0.05) is 58.4 Å². The molecule has 1 amide bonds. The number of carbonyl (C=O) groups excluding carboxylic acids is 1. The summed E-state index contributed by atoms with van der Waals surface area (Å²) in [6.07, 6.45) is 4.92. The Morgan fingerprint density at radius 1 is 1.21 bits per heavy atom. The Labute approximate surface area is 173 Å². The maximum absolute atomic E-state index is 12.8. The smallest absolute Gasteiger partial charge is 0.236 e. The number of anilines is 1. The summed E-state index contributed by atoms with van der Waals surface area (Å²) < 4.78 is 0. The first kappa shape index (κ1) is 20.5. The van der Waals surface area contributed by atoms with E-state index in [-0.39, 0.29) is 12.5 Å². The third-order valence-corrected chi connectivity index (χ3v) is 6.71. The molecule has 4 rings (SSSR count). The second-order valence-corrected chi connectivity index (χ2v) is 8.44. The Bertz CT molecular complexity index is 702. The van der Waals surface area contributed by atoms with E-state index in [0.717, 1.165) is 63.2 Å². The number of hydrogen-bond acceptors (Lipinski definition) is 7. The zero-order valence-electron chi connectivity index (χ0n) is 17.6. The molecule has 0 atom stereocenters.